The first-order valence-electron chi connectivity index (χ1n) is 7.99. The number of carbonyl (C=O) groups excluding carboxylic acids is 1. The van der Waals surface area contributed by atoms with Gasteiger partial charge in [0.2, 0.25) is 0 Å². The molecule has 0 bridgehead atoms. The van der Waals surface area contributed by atoms with Crippen LogP contribution in [0.1, 0.15) is 6.92 Å². The fourth-order valence-corrected chi connectivity index (χ4v) is 3.25. The van der Waals surface area contributed by atoms with Gasteiger partial charge < -0.3 is 9.47 Å². The number of hydrogen-bond acceptors (Lipinski definition) is 5. The lowest BCUT2D eigenvalue weighted by Crippen LogP contribution is -2.30. The van der Waals surface area contributed by atoms with Crippen molar-refractivity contribution in [1.82, 2.24) is 4.98 Å². The van der Waals surface area contributed by atoms with Crippen LogP contribution >= 0.6 is 27.3 Å². The number of rotatable bonds is 6. The number of nitrogens with one attached hydrogen (secondary N) is 1. The third kappa shape index (κ3) is 4.84. The molecule has 0 aliphatic carbocycles. The Morgan fingerprint density at radius 3 is 2.67 bits per heavy atom. The third-order valence-corrected chi connectivity index (χ3v) is 4.96. The summed E-state index contributed by atoms with van der Waals surface area (Å²) in [5, 5.41) is 4.88. The van der Waals surface area contributed by atoms with Crippen LogP contribution in [-0.4, -0.2) is 24.1 Å². The number of nitrogens with zero attached hydrogens (tertiary/aromatic N) is 1. The van der Waals surface area contributed by atoms with Gasteiger partial charge in [-0.3, -0.25) is 10.1 Å². The molecule has 140 valence electrons. The summed E-state index contributed by atoms with van der Waals surface area (Å²) in [5.74, 6) is -0.0272. The van der Waals surface area contributed by atoms with Gasteiger partial charge in [-0.15, -0.1) is 11.3 Å². The molecule has 3 aromatic rings. The van der Waals surface area contributed by atoms with Gasteiger partial charge in [0.1, 0.15) is 5.75 Å². The minimum Gasteiger partial charge on any atom is -0.494 e. The molecule has 1 unspecified atom stereocenters. The topological polar surface area (TPSA) is 60.5 Å². The normalized spacial score (nSPS) is 11.7. The Bertz CT molecular complexity index is 946. The van der Waals surface area contributed by atoms with Crippen LogP contribution in [0.4, 0.5) is 9.52 Å². The average Bonchev–Trinajstić information content (AvgIpc) is 3.12. The van der Waals surface area contributed by atoms with E-state index in [1.165, 1.54) is 30.6 Å². The van der Waals surface area contributed by atoms with Crippen LogP contribution in [0.5, 0.6) is 11.5 Å². The Morgan fingerprint density at radius 2 is 2.00 bits per heavy atom. The predicted octanol–water partition coefficient (Wildman–Crippen LogP) is 5.13. The lowest BCUT2D eigenvalue weighted by atomic mass is 10.1. The molecule has 0 aliphatic rings. The van der Waals surface area contributed by atoms with E-state index in [4.69, 9.17) is 9.47 Å². The molecule has 8 heteroatoms. The van der Waals surface area contributed by atoms with Crippen molar-refractivity contribution in [3.8, 4) is 22.8 Å². The molecule has 3 rings (SSSR count). The highest BCUT2D eigenvalue weighted by Crippen LogP contribution is 2.28. The first-order valence-corrected chi connectivity index (χ1v) is 9.66. The third-order valence-electron chi connectivity index (χ3n) is 3.68. The molecule has 1 atom stereocenters. The molecule has 1 aromatic heterocycles. The number of methoxy groups -OCH3 is 1. The van der Waals surface area contributed by atoms with Crippen LogP contribution in [0, 0.1) is 5.82 Å². The van der Waals surface area contributed by atoms with Crippen LogP contribution in [-0.2, 0) is 4.79 Å². The fourth-order valence-electron chi connectivity index (χ4n) is 2.27. The lowest BCUT2D eigenvalue weighted by Gasteiger charge is -2.13. The summed E-state index contributed by atoms with van der Waals surface area (Å²) >= 11 is 4.60. The molecule has 0 saturated heterocycles. The van der Waals surface area contributed by atoms with E-state index in [1.807, 2.05) is 12.1 Å². The zero-order chi connectivity index (χ0) is 19.4. The number of ether oxygens (including phenoxy) is 2. The SMILES string of the molecule is COc1ccc(-c2csc(NC(=O)C(C)Oc3ccc(Br)cc3)n2)cc1F. The van der Waals surface area contributed by atoms with Crippen molar-refractivity contribution in [2.45, 2.75) is 13.0 Å². The van der Waals surface area contributed by atoms with E-state index in [0.717, 1.165) is 4.47 Å². The number of halogens is 2. The van der Waals surface area contributed by atoms with E-state index in [9.17, 15) is 9.18 Å². The first kappa shape index (κ1) is 19.3. The van der Waals surface area contributed by atoms with Gasteiger partial charge in [0.25, 0.3) is 5.91 Å². The molecule has 1 heterocycles. The summed E-state index contributed by atoms with van der Waals surface area (Å²) in [6, 6.07) is 11.8. The minimum absolute atomic E-state index is 0.168. The smallest absolute Gasteiger partial charge is 0.266 e. The molecule has 0 saturated carbocycles. The van der Waals surface area contributed by atoms with Gasteiger partial charge >= 0.3 is 0 Å². The largest absolute Gasteiger partial charge is 0.494 e. The molecule has 27 heavy (non-hydrogen) atoms. The van der Waals surface area contributed by atoms with Crippen molar-refractivity contribution in [1.29, 1.82) is 0 Å². The molecule has 0 aliphatic heterocycles. The summed E-state index contributed by atoms with van der Waals surface area (Å²) in [5.41, 5.74) is 1.17. The first-order chi connectivity index (χ1) is 13.0. The molecular formula is C19H16BrFN2O3S. The van der Waals surface area contributed by atoms with Gasteiger partial charge in [-0.05, 0) is 49.4 Å². The van der Waals surface area contributed by atoms with Crippen LogP contribution in [0.15, 0.2) is 52.3 Å². The Balaban J connectivity index is 1.65. The second-order valence-corrected chi connectivity index (χ2v) is 7.36. The summed E-state index contributed by atoms with van der Waals surface area (Å²) in [4.78, 5) is 16.6. The number of anilines is 1. The molecular weight excluding hydrogens is 435 g/mol. The highest BCUT2D eigenvalue weighted by molar-refractivity contribution is 9.10. The van der Waals surface area contributed by atoms with E-state index in [0.29, 0.717) is 22.1 Å². The van der Waals surface area contributed by atoms with Crippen LogP contribution < -0.4 is 14.8 Å². The fraction of sp³-hybridized carbons (Fsp3) is 0.158. The van der Waals surface area contributed by atoms with Gasteiger partial charge in [0.15, 0.2) is 22.8 Å². The highest BCUT2D eigenvalue weighted by Gasteiger charge is 2.17. The maximum atomic E-state index is 13.9. The second-order valence-electron chi connectivity index (χ2n) is 5.59. The maximum Gasteiger partial charge on any atom is 0.266 e. The Hall–Kier alpha value is -2.45. The Kier molecular flexibility index (Phi) is 6.08. The second kappa shape index (κ2) is 8.49. The van der Waals surface area contributed by atoms with Gasteiger partial charge in [-0.1, -0.05) is 15.9 Å². The highest BCUT2D eigenvalue weighted by atomic mass is 79.9. The minimum atomic E-state index is -0.697. The summed E-state index contributed by atoms with van der Waals surface area (Å²) in [6.45, 7) is 1.66. The number of carbonyl (C=O) groups is 1. The van der Waals surface area contributed by atoms with Crippen molar-refractivity contribution < 1.29 is 18.7 Å². The molecule has 1 amide bonds. The summed E-state index contributed by atoms with van der Waals surface area (Å²) < 4.78 is 25.3. The van der Waals surface area contributed by atoms with Gasteiger partial charge in [-0.2, -0.15) is 0 Å². The molecule has 0 radical (unpaired) electrons. The molecule has 5 nitrogen and oxygen atoms in total. The van der Waals surface area contributed by atoms with Gasteiger partial charge in [0, 0.05) is 15.4 Å². The van der Waals surface area contributed by atoms with E-state index >= 15 is 0 Å². The number of amides is 1. The molecule has 2 aromatic carbocycles. The van der Waals surface area contributed by atoms with E-state index < -0.39 is 11.9 Å². The molecule has 0 fully saturated rings. The van der Waals surface area contributed by atoms with E-state index in [1.54, 1.807) is 30.5 Å². The standard InChI is InChI=1S/C19H16BrFN2O3S/c1-11(26-14-6-4-13(20)5-7-14)18(24)23-19-22-16(10-27-19)12-3-8-17(25-2)15(21)9-12/h3-11H,1-2H3,(H,22,23,24). The zero-order valence-corrected chi connectivity index (χ0v) is 16.9. The van der Waals surface area contributed by atoms with Crippen LogP contribution in [0.25, 0.3) is 11.3 Å². The number of thiazole rings is 1. The monoisotopic (exact) mass is 450 g/mol. The van der Waals surface area contributed by atoms with E-state index in [-0.39, 0.29) is 11.7 Å². The number of hydrogen-bond donors (Lipinski definition) is 1. The molecule has 1 N–H and O–H groups in total. The Labute approximate surface area is 168 Å². The maximum absolute atomic E-state index is 13.9. The van der Waals surface area contributed by atoms with Crippen molar-refractivity contribution in [3.63, 3.8) is 0 Å². The number of aromatic nitrogens is 1. The van der Waals surface area contributed by atoms with Crippen LogP contribution in [0.2, 0.25) is 0 Å². The van der Waals surface area contributed by atoms with Crippen molar-refractivity contribution >= 4 is 38.3 Å². The quantitative estimate of drug-likeness (QED) is 0.565. The predicted molar refractivity (Wildman–Crippen MR) is 107 cm³/mol. The van der Waals surface area contributed by atoms with Gasteiger partial charge in [-0.25, -0.2) is 9.37 Å². The summed E-state index contributed by atoms with van der Waals surface area (Å²) in [7, 11) is 1.41. The lowest BCUT2D eigenvalue weighted by molar-refractivity contribution is -0.122. The molecule has 0 spiro atoms. The Morgan fingerprint density at radius 1 is 1.26 bits per heavy atom. The summed E-state index contributed by atoms with van der Waals surface area (Å²) in [6.07, 6.45) is -0.697. The van der Waals surface area contributed by atoms with Crippen molar-refractivity contribution in [3.05, 3.63) is 58.1 Å². The van der Waals surface area contributed by atoms with Crippen molar-refractivity contribution in [2.24, 2.45) is 0 Å². The average molecular weight is 451 g/mol. The van der Waals surface area contributed by atoms with E-state index in [2.05, 4.69) is 26.2 Å². The van der Waals surface area contributed by atoms with Gasteiger partial charge in [0.05, 0.1) is 12.8 Å². The number of benzene rings is 2. The zero-order valence-electron chi connectivity index (χ0n) is 14.5. The van der Waals surface area contributed by atoms with Crippen LogP contribution in [0.3, 0.4) is 0 Å². The van der Waals surface area contributed by atoms with Crippen molar-refractivity contribution in [2.75, 3.05) is 12.4 Å².